The minimum atomic E-state index is -1.07. The van der Waals surface area contributed by atoms with Crippen molar-refractivity contribution < 1.29 is 27.8 Å². The third kappa shape index (κ3) is 3.56. The van der Waals surface area contributed by atoms with E-state index in [0.29, 0.717) is 12.2 Å². The van der Waals surface area contributed by atoms with Gasteiger partial charge in [-0.25, -0.2) is 8.78 Å². The molecule has 1 amide bonds. The fraction of sp³-hybridized carbons (Fsp3) is 0.353. The largest absolute Gasteiger partial charge is 0.494 e. The first-order valence-electron chi connectivity index (χ1n) is 7.49. The Kier molecular flexibility index (Phi) is 5.92. The monoisotopic (exact) mass is 339 g/mol. The molecule has 2 rings (SSSR count). The molecule has 0 aliphatic carbocycles. The molecule has 1 N–H and O–H groups in total. The number of hydrogen-bond acceptors (Lipinski definition) is 4. The van der Waals surface area contributed by atoms with Gasteiger partial charge < -0.3 is 19.2 Å². The molecule has 0 fully saturated rings. The molecule has 0 spiro atoms. The minimum absolute atomic E-state index is 0.0129. The van der Waals surface area contributed by atoms with E-state index in [-0.39, 0.29) is 18.9 Å². The number of nitrogens with zero attached hydrogens (tertiary/aromatic N) is 1. The molecule has 1 aromatic heterocycles. The van der Waals surface area contributed by atoms with Crippen LogP contribution >= 0.6 is 0 Å². The van der Waals surface area contributed by atoms with Crippen molar-refractivity contribution in [1.29, 1.82) is 0 Å². The number of hydrogen-bond donors (Lipinski definition) is 1. The number of ether oxygens (including phenoxy) is 1. The summed E-state index contributed by atoms with van der Waals surface area (Å²) in [4.78, 5) is 14.0. The molecule has 0 unspecified atom stereocenters. The Balaban J connectivity index is 2.44. The number of methoxy groups -OCH3 is 1. The highest BCUT2D eigenvalue weighted by Gasteiger charge is 2.30. The highest BCUT2D eigenvalue weighted by molar-refractivity contribution is 5.95. The third-order valence-electron chi connectivity index (χ3n) is 3.78. The summed E-state index contributed by atoms with van der Waals surface area (Å²) in [6.45, 7) is 1.42. The molecule has 1 atom stereocenters. The molecule has 0 aliphatic heterocycles. The highest BCUT2D eigenvalue weighted by atomic mass is 19.1. The first-order chi connectivity index (χ1) is 11.5. The minimum Gasteiger partial charge on any atom is -0.494 e. The van der Waals surface area contributed by atoms with Crippen LogP contribution in [-0.2, 0) is 6.54 Å². The molecule has 1 heterocycles. The SMILES string of the molecule is CC[C@@H](CO)N(Cc1ccco1)C(=O)c1c(F)ccc(OC)c1F. The van der Waals surface area contributed by atoms with Gasteiger partial charge in [0.05, 0.1) is 32.6 Å². The van der Waals surface area contributed by atoms with Gasteiger partial charge in [0.15, 0.2) is 11.6 Å². The summed E-state index contributed by atoms with van der Waals surface area (Å²) in [6.07, 6.45) is 1.85. The van der Waals surface area contributed by atoms with Crippen LogP contribution in [0.5, 0.6) is 5.75 Å². The van der Waals surface area contributed by atoms with Gasteiger partial charge in [-0.15, -0.1) is 0 Å². The van der Waals surface area contributed by atoms with Crippen molar-refractivity contribution in [3.63, 3.8) is 0 Å². The molecular weight excluding hydrogens is 320 g/mol. The van der Waals surface area contributed by atoms with Crippen LogP contribution in [0.25, 0.3) is 0 Å². The van der Waals surface area contributed by atoms with Crippen molar-refractivity contribution in [2.45, 2.75) is 25.9 Å². The molecule has 1 aromatic carbocycles. The van der Waals surface area contributed by atoms with Gasteiger partial charge in [-0.3, -0.25) is 4.79 Å². The van der Waals surface area contributed by atoms with E-state index in [9.17, 15) is 18.7 Å². The van der Waals surface area contributed by atoms with Crippen molar-refractivity contribution in [2.24, 2.45) is 0 Å². The molecule has 0 aliphatic rings. The van der Waals surface area contributed by atoms with Crippen molar-refractivity contribution >= 4 is 5.91 Å². The van der Waals surface area contributed by atoms with Crippen molar-refractivity contribution in [3.8, 4) is 5.75 Å². The summed E-state index contributed by atoms with van der Waals surface area (Å²) in [6, 6.07) is 4.77. The number of benzene rings is 1. The number of halogens is 2. The quantitative estimate of drug-likeness (QED) is 0.842. The predicted octanol–water partition coefficient (Wildman–Crippen LogP) is 2.98. The predicted molar refractivity (Wildman–Crippen MR) is 82.7 cm³/mol. The van der Waals surface area contributed by atoms with Crippen LogP contribution in [0.4, 0.5) is 8.78 Å². The Morgan fingerprint density at radius 3 is 2.67 bits per heavy atom. The number of amides is 1. The topological polar surface area (TPSA) is 62.9 Å². The Bertz CT molecular complexity index is 684. The zero-order valence-corrected chi connectivity index (χ0v) is 13.5. The summed E-state index contributed by atoms with van der Waals surface area (Å²) in [5, 5.41) is 9.52. The first-order valence-corrected chi connectivity index (χ1v) is 7.49. The Labute approximate surface area is 138 Å². The van der Waals surface area contributed by atoms with Crippen molar-refractivity contribution in [3.05, 3.63) is 53.5 Å². The van der Waals surface area contributed by atoms with Gasteiger partial charge in [0.1, 0.15) is 17.1 Å². The second kappa shape index (κ2) is 7.92. The van der Waals surface area contributed by atoms with Crippen molar-refractivity contribution in [1.82, 2.24) is 4.90 Å². The maximum atomic E-state index is 14.4. The molecule has 0 saturated heterocycles. The van der Waals surface area contributed by atoms with Gasteiger partial charge in [0.25, 0.3) is 5.91 Å². The lowest BCUT2D eigenvalue weighted by molar-refractivity contribution is 0.0534. The maximum Gasteiger partial charge on any atom is 0.260 e. The number of aliphatic hydroxyl groups excluding tert-OH is 1. The molecule has 0 saturated carbocycles. The van der Waals surface area contributed by atoms with E-state index in [1.807, 2.05) is 0 Å². The van der Waals surface area contributed by atoms with Gasteiger partial charge >= 0.3 is 0 Å². The standard InChI is InChI=1S/C17H19F2NO4/c1-3-11(10-21)20(9-12-5-4-8-24-12)17(22)15-13(18)6-7-14(23-2)16(15)19/h4-8,11,21H,3,9-10H2,1-2H3/t11-/m0/s1. The van der Waals surface area contributed by atoms with Crippen LogP contribution in [0.15, 0.2) is 34.9 Å². The lowest BCUT2D eigenvalue weighted by atomic mass is 10.1. The molecule has 0 bridgehead atoms. The smallest absolute Gasteiger partial charge is 0.260 e. The van der Waals surface area contributed by atoms with E-state index in [4.69, 9.17) is 9.15 Å². The van der Waals surface area contributed by atoms with Gasteiger partial charge in [0.2, 0.25) is 0 Å². The van der Waals surface area contributed by atoms with E-state index < -0.39 is 29.1 Å². The van der Waals surface area contributed by atoms with Crippen LogP contribution in [0.3, 0.4) is 0 Å². The second-order valence-corrected chi connectivity index (χ2v) is 5.20. The summed E-state index contributed by atoms with van der Waals surface area (Å²) >= 11 is 0. The number of carbonyl (C=O) groups excluding carboxylic acids is 1. The van der Waals surface area contributed by atoms with E-state index in [1.165, 1.54) is 18.3 Å². The van der Waals surface area contributed by atoms with E-state index in [1.54, 1.807) is 19.1 Å². The highest BCUT2D eigenvalue weighted by Crippen LogP contribution is 2.26. The summed E-state index contributed by atoms with van der Waals surface area (Å²) < 4.78 is 38.5. The fourth-order valence-electron chi connectivity index (χ4n) is 2.42. The normalized spacial score (nSPS) is 12.0. The molecule has 0 radical (unpaired) electrons. The van der Waals surface area contributed by atoms with E-state index in [2.05, 4.69) is 0 Å². The first kappa shape index (κ1) is 17.9. The lowest BCUT2D eigenvalue weighted by Gasteiger charge is -2.29. The Morgan fingerprint density at radius 1 is 1.38 bits per heavy atom. The van der Waals surface area contributed by atoms with E-state index >= 15 is 0 Å². The van der Waals surface area contributed by atoms with Crippen LogP contribution in [-0.4, -0.2) is 35.7 Å². The molecule has 130 valence electrons. The number of aliphatic hydroxyl groups is 1. The second-order valence-electron chi connectivity index (χ2n) is 5.20. The van der Waals surface area contributed by atoms with Crippen LogP contribution in [0, 0.1) is 11.6 Å². The lowest BCUT2D eigenvalue weighted by Crippen LogP contribution is -2.42. The summed E-state index contributed by atoms with van der Waals surface area (Å²) in [5.74, 6) is -2.72. The van der Waals surface area contributed by atoms with Gasteiger partial charge in [-0.1, -0.05) is 6.92 Å². The molecular formula is C17H19F2NO4. The maximum absolute atomic E-state index is 14.4. The van der Waals surface area contributed by atoms with Crippen LogP contribution in [0.1, 0.15) is 29.5 Å². The Morgan fingerprint density at radius 2 is 2.12 bits per heavy atom. The number of carbonyl (C=O) groups is 1. The van der Waals surface area contributed by atoms with Crippen LogP contribution < -0.4 is 4.74 Å². The number of furan rings is 1. The molecule has 5 nitrogen and oxygen atoms in total. The molecule has 7 heteroatoms. The average molecular weight is 339 g/mol. The summed E-state index contributed by atoms with van der Waals surface area (Å²) in [7, 11) is 1.23. The van der Waals surface area contributed by atoms with Crippen molar-refractivity contribution in [2.75, 3.05) is 13.7 Å². The summed E-state index contributed by atoms with van der Waals surface area (Å²) in [5.41, 5.74) is -0.715. The number of rotatable bonds is 7. The third-order valence-corrected chi connectivity index (χ3v) is 3.78. The zero-order chi connectivity index (χ0) is 17.7. The van der Waals surface area contributed by atoms with Gasteiger partial charge in [0, 0.05) is 0 Å². The van der Waals surface area contributed by atoms with Crippen LogP contribution in [0.2, 0.25) is 0 Å². The van der Waals surface area contributed by atoms with Gasteiger partial charge in [-0.2, -0.15) is 0 Å². The fourth-order valence-corrected chi connectivity index (χ4v) is 2.42. The van der Waals surface area contributed by atoms with E-state index in [0.717, 1.165) is 12.1 Å². The average Bonchev–Trinajstić information content (AvgIpc) is 3.08. The van der Waals surface area contributed by atoms with Gasteiger partial charge in [-0.05, 0) is 30.7 Å². The Hall–Kier alpha value is -2.41. The zero-order valence-electron chi connectivity index (χ0n) is 13.5. The molecule has 2 aromatic rings. The molecule has 24 heavy (non-hydrogen) atoms.